The monoisotopic (exact) mass is 231 g/mol. The summed E-state index contributed by atoms with van der Waals surface area (Å²) in [6.45, 7) is 2.13. The molecule has 0 aromatic heterocycles. The Morgan fingerprint density at radius 2 is 1.94 bits per heavy atom. The van der Waals surface area contributed by atoms with Gasteiger partial charge in [-0.15, -0.1) is 0 Å². The predicted octanol–water partition coefficient (Wildman–Crippen LogP) is 2.54. The van der Waals surface area contributed by atoms with Crippen molar-refractivity contribution in [2.75, 3.05) is 13.1 Å². The molecule has 0 bridgehead atoms. The van der Waals surface area contributed by atoms with Crippen molar-refractivity contribution in [3.8, 4) is 0 Å². The number of carboxylic acid groups (broad SMARTS) is 1. The summed E-state index contributed by atoms with van der Waals surface area (Å²) in [7, 11) is 0. The standard InChI is InChI=1S/C14H17NO2/c16-14(17)13-5-3-12(4-6-13)10-11-2-1-8-15-9-7-11/h3-6,10,15H,1-2,7-9H2,(H,16,17). The zero-order valence-electron chi connectivity index (χ0n) is 9.78. The summed E-state index contributed by atoms with van der Waals surface area (Å²) in [5, 5.41) is 12.2. The fraction of sp³-hybridized carbons (Fsp3) is 0.357. The largest absolute Gasteiger partial charge is 0.478 e. The van der Waals surface area contributed by atoms with Gasteiger partial charge in [0.1, 0.15) is 0 Å². The van der Waals surface area contributed by atoms with E-state index in [1.54, 1.807) is 12.1 Å². The number of carboxylic acids is 1. The molecule has 0 amide bonds. The minimum Gasteiger partial charge on any atom is -0.478 e. The van der Waals surface area contributed by atoms with E-state index in [9.17, 15) is 4.79 Å². The summed E-state index contributed by atoms with van der Waals surface area (Å²) in [4.78, 5) is 10.7. The van der Waals surface area contributed by atoms with Crippen LogP contribution in [0.25, 0.3) is 6.08 Å². The van der Waals surface area contributed by atoms with Crippen LogP contribution in [0.3, 0.4) is 0 Å². The van der Waals surface area contributed by atoms with E-state index in [4.69, 9.17) is 5.11 Å². The van der Waals surface area contributed by atoms with Crippen LogP contribution in [0.15, 0.2) is 29.8 Å². The lowest BCUT2D eigenvalue weighted by atomic mass is 10.0. The highest BCUT2D eigenvalue weighted by Gasteiger charge is 2.04. The number of hydrogen-bond acceptors (Lipinski definition) is 2. The number of aromatic carboxylic acids is 1. The predicted molar refractivity (Wildman–Crippen MR) is 68.1 cm³/mol. The van der Waals surface area contributed by atoms with Gasteiger partial charge in [-0.05, 0) is 50.0 Å². The molecule has 1 aromatic rings. The fourth-order valence-corrected chi connectivity index (χ4v) is 2.04. The van der Waals surface area contributed by atoms with Gasteiger partial charge in [-0.3, -0.25) is 0 Å². The molecule has 0 radical (unpaired) electrons. The second kappa shape index (κ2) is 5.64. The molecule has 90 valence electrons. The number of carbonyl (C=O) groups is 1. The van der Waals surface area contributed by atoms with Crippen LogP contribution in [0.5, 0.6) is 0 Å². The van der Waals surface area contributed by atoms with Gasteiger partial charge in [0.15, 0.2) is 0 Å². The molecule has 0 aliphatic carbocycles. The highest BCUT2D eigenvalue weighted by Crippen LogP contribution is 2.17. The average Bonchev–Trinajstić information content (AvgIpc) is 2.58. The molecule has 1 aromatic carbocycles. The van der Waals surface area contributed by atoms with Crippen molar-refractivity contribution in [3.05, 3.63) is 41.0 Å². The molecule has 0 unspecified atom stereocenters. The Hall–Kier alpha value is -1.61. The second-order valence-electron chi connectivity index (χ2n) is 4.33. The molecule has 1 aliphatic heterocycles. The summed E-state index contributed by atoms with van der Waals surface area (Å²) in [6.07, 6.45) is 5.58. The van der Waals surface area contributed by atoms with E-state index in [0.717, 1.165) is 31.5 Å². The van der Waals surface area contributed by atoms with E-state index in [-0.39, 0.29) is 0 Å². The van der Waals surface area contributed by atoms with Crippen molar-refractivity contribution in [1.29, 1.82) is 0 Å². The van der Waals surface area contributed by atoms with Gasteiger partial charge >= 0.3 is 5.97 Å². The number of rotatable bonds is 2. The van der Waals surface area contributed by atoms with Gasteiger partial charge in [0.25, 0.3) is 0 Å². The summed E-state index contributed by atoms with van der Waals surface area (Å²) in [5.41, 5.74) is 2.87. The molecule has 2 N–H and O–H groups in total. The molecular formula is C14H17NO2. The molecule has 0 spiro atoms. The maximum atomic E-state index is 10.7. The van der Waals surface area contributed by atoms with Crippen LogP contribution < -0.4 is 5.32 Å². The highest BCUT2D eigenvalue weighted by atomic mass is 16.4. The Labute approximate surface area is 101 Å². The Morgan fingerprint density at radius 1 is 1.18 bits per heavy atom. The van der Waals surface area contributed by atoms with Gasteiger partial charge < -0.3 is 10.4 Å². The Balaban J connectivity index is 2.11. The SMILES string of the molecule is O=C(O)c1ccc(C=C2CCCNCC2)cc1. The molecule has 0 atom stereocenters. The Kier molecular flexibility index (Phi) is 3.94. The zero-order valence-corrected chi connectivity index (χ0v) is 9.78. The molecule has 1 aliphatic rings. The number of hydrogen-bond donors (Lipinski definition) is 2. The van der Waals surface area contributed by atoms with E-state index < -0.39 is 5.97 Å². The van der Waals surface area contributed by atoms with E-state index in [0.29, 0.717) is 5.56 Å². The fourth-order valence-electron chi connectivity index (χ4n) is 2.04. The molecule has 3 heteroatoms. The first-order chi connectivity index (χ1) is 8.25. The van der Waals surface area contributed by atoms with E-state index in [1.165, 1.54) is 12.0 Å². The molecule has 1 heterocycles. The molecular weight excluding hydrogens is 214 g/mol. The van der Waals surface area contributed by atoms with E-state index in [1.807, 2.05) is 12.1 Å². The van der Waals surface area contributed by atoms with Crippen molar-refractivity contribution >= 4 is 12.0 Å². The van der Waals surface area contributed by atoms with Gasteiger partial charge in [-0.1, -0.05) is 23.8 Å². The molecule has 1 fully saturated rings. The van der Waals surface area contributed by atoms with Crippen LogP contribution in [-0.4, -0.2) is 24.2 Å². The molecule has 3 nitrogen and oxygen atoms in total. The lowest BCUT2D eigenvalue weighted by molar-refractivity contribution is 0.0697. The number of benzene rings is 1. The van der Waals surface area contributed by atoms with Crippen LogP contribution in [0, 0.1) is 0 Å². The van der Waals surface area contributed by atoms with E-state index >= 15 is 0 Å². The summed E-state index contributed by atoms with van der Waals surface area (Å²) >= 11 is 0. The van der Waals surface area contributed by atoms with Gasteiger partial charge in [0, 0.05) is 0 Å². The van der Waals surface area contributed by atoms with Gasteiger partial charge in [-0.25, -0.2) is 4.79 Å². The second-order valence-corrected chi connectivity index (χ2v) is 4.33. The van der Waals surface area contributed by atoms with Crippen molar-refractivity contribution < 1.29 is 9.90 Å². The summed E-state index contributed by atoms with van der Waals surface area (Å²) in [6, 6.07) is 7.05. The average molecular weight is 231 g/mol. The van der Waals surface area contributed by atoms with Crippen molar-refractivity contribution in [2.45, 2.75) is 19.3 Å². The molecule has 17 heavy (non-hydrogen) atoms. The van der Waals surface area contributed by atoms with Crippen LogP contribution in [0.2, 0.25) is 0 Å². The van der Waals surface area contributed by atoms with Gasteiger partial charge in [0.05, 0.1) is 5.56 Å². The van der Waals surface area contributed by atoms with Gasteiger partial charge in [0.2, 0.25) is 0 Å². The maximum Gasteiger partial charge on any atom is 0.335 e. The molecule has 0 saturated carbocycles. The topological polar surface area (TPSA) is 49.3 Å². The minimum absolute atomic E-state index is 0.342. The van der Waals surface area contributed by atoms with E-state index in [2.05, 4.69) is 11.4 Å². The normalized spacial score (nSPS) is 18.9. The van der Waals surface area contributed by atoms with Crippen LogP contribution >= 0.6 is 0 Å². The van der Waals surface area contributed by atoms with Gasteiger partial charge in [-0.2, -0.15) is 0 Å². The zero-order chi connectivity index (χ0) is 12.1. The third-order valence-electron chi connectivity index (χ3n) is 3.00. The van der Waals surface area contributed by atoms with Crippen LogP contribution in [0.1, 0.15) is 35.2 Å². The number of nitrogens with one attached hydrogen (secondary N) is 1. The Bertz CT molecular complexity index is 410. The first-order valence-corrected chi connectivity index (χ1v) is 5.99. The third-order valence-corrected chi connectivity index (χ3v) is 3.00. The summed E-state index contributed by atoms with van der Waals surface area (Å²) < 4.78 is 0. The van der Waals surface area contributed by atoms with Crippen molar-refractivity contribution in [2.24, 2.45) is 0 Å². The van der Waals surface area contributed by atoms with Crippen molar-refractivity contribution in [3.63, 3.8) is 0 Å². The molecule has 1 saturated heterocycles. The lowest BCUT2D eigenvalue weighted by Gasteiger charge is -2.02. The minimum atomic E-state index is -0.872. The maximum absolute atomic E-state index is 10.7. The Morgan fingerprint density at radius 3 is 2.65 bits per heavy atom. The van der Waals surface area contributed by atoms with Crippen LogP contribution in [-0.2, 0) is 0 Å². The quantitative estimate of drug-likeness (QED) is 0.822. The third kappa shape index (κ3) is 3.43. The summed E-state index contributed by atoms with van der Waals surface area (Å²) in [5.74, 6) is -0.872. The first-order valence-electron chi connectivity index (χ1n) is 5.99. The lowest BCUT2D eigenvalue weighted by Crippen LogP contribution is -2.13. The first kappa shape index (κ1) is 11.9. The van der Waals surface area contributed by atoms with Crippen LogP contribution in [0.4, 0.5) is 0 Å². The molecule has 2 rings (SSSR count). The highest BCUT2D eigenvalue weighted by molar-refractivity contribution is 5.87. The van der Waals surface area contributed by atoms with Crippen molar-refractivity contribution in [1.82, 2.24) is 5.32 Å². The smallest absolute Gasteiger partial charge is 0.335 e.